The quantitative estimate of drug-likeness (QED) is 0.337. The first-order valence-corrected chi connectivity index (χ1v) is 10.7. The molecular formula is C27H24FNO4. The number of halogens is 1. The highest BCUT2D eigenvalue weighted by molar-refractivity contribution is 5.88. The molecule has 6 heteroatoms. The second-order valence-corrected chi connectivity index (χ2v) is 8.26. The Morgan fingerprint density at radius 2 is 1.76 bits per heavy atom. The Balaban J connectivity index is 1.76. The average molecular weight is 445 g/mol. The van der Waals surface area contributed by atoms with Gasteiger partial charge in [-0.15, -0.1) is 0 Å². The van der Waals surface area contributed by atoms with Crippen LogP contribution in [0.25, 0.3) is 33.7 Å². The van der Waals surface area contributed by atoms with Gasteiger partial charge in [0.05, 0.1) is 17.7 Å². The van der Waals surface area contributed by atoms with E-state index in [1.54, 1.807) is 6.07 Å². The molecule has 168 valence electrons. The van der Waals surface area contributed by atoms with Crippen LogP contribution in [0.1, 0.15) is 29.8 Å². The molecule has 0 unspecified atom stereocenters. The van der Waals surface area contributed by atoms with Gasteiger partial charge in [-0.25, -0.2) is 9.18 Å². The fourth-order valence-corrected chi connectivity index (χ4v) is 3.64. The first-order valence-electron chi connectivity index (χ1n) is 10.7. The molecule has 0 fully saturated rings. The first-order chi connectivity index (χ1) is 15.8. The van der Waals surface area contributed by atoms with Gasteiger partial charge in [0.15, 0.2) is 5.76 Å². The zero-order chi connectivity index (χ0) is 23.5. The van der Waals surface area contributed by atoms with Crippen molar-refractivity contribution in [1.29, 1.82) is 0 Å². The zero-order valence-electron chi connectivity index (χ0n) is 18.6. The maximum absolute atomic E-state index is 14.2. The number of carbonyl (C=O) groups is 1. The van der Waals surface area contributed by atoms with Crippen molar-refractivity contribution in [2.24, 2.45) is 5.92 Å². The molecule has 4 aromatic rings. The number of nitrogens with zero attached hydrogens (tertiary/aromatic N) is 1. The Hall–Kier alpha value is -3.93. The predicted octanol–water partition coefficient (Wildman–Crippen LogP) is 6.86. The van der Waals surface area contributed by atoms with Crippen molar-refractivity contribution in [2.75, 3.05) is 6.61 Å². The molecule has 0 amide bonds. The lowest BCUT2D eigenvalue weighted by Crippen LogP contribution is -2.07. The van der Waals surface area contributed by atoms with Crippen LogP contribution in [0.2, 0.25) is 0 Å². The van der Waals surface area contributed by atoms with Crippen molar-refractivity contribution in [3.05, 3.63) is 83.7 Å². The number of rotatable bonds is 7. The summed E-state index contributed by atoms with van der Waals surface area (Å²) in [5.74, 6) is -0.623. The summed E-state index contributed by atoms with van der Waals surface area (Å²) in [5.41, 5.74) is 4.31. The summed E-state index contributed by atoms with van der Waals surface area (Å²) in [5, 5.41) is 13.1. The summed E-state index contributed by atoms with van der Waals surface area (Å²) in [6.07, 6.45) is 0. The largest absolute Gasteiger partial charge is 0.492 e. The monoisotopic (exact) mass is 445 g/mol. The number of carboxylic acids is 1. The lowest BCUT2D eigenvalue weighted by atomic mass is 9.96. The number of benzene rings is 3. The molecule has 4 rings (SSSR count). The minimum absolute atomic E-state index is 0.332. The van der Waals surface area contributed by atoms with Crippen LogP contribution >= 0.6 is 0 Å². The van der Waals surface area contributed by atoms with Crippen molar-refractivity contribution in [3.8, 4) is 39.5 Å². The fraction of sp³-hybridized carbons (Fsp3) is 0.185. The van der Waals surface area contributed by atoms with Crippen LogP contribution in [-0.4, -0.2) is 22.8 Å². The average Bonchev–Trinajstić information content (AvgIpc) is 3.28. The Bertz CT molecular complexity index is 1290. The van der Waals surface area contributed by atoms with Crippen molar-refractivity contribution in [3.63, 3.8) is 0 Å². The molecule has 0 aliphatic rings. The van der Waals surface area contributed by atoms with Crippen LogP contribution in [0.4, 0.5) is 4.39 Å². The maximum atomic E-state index is 14.2. The number of carboxylic acid groups (broad SMARTS) is 1. The topological polar surface area (TPSA) is 72.6 Å². The summed E-state index contributed by atoms with van der Waals surface area (Å²) in [4.78, 5) is 11.1. The molecule has 0 spiro atoms. The number of aromatic nitrogens is 1. The Labute approximate surface area is 191 Å². The van der Waals surface area contributed by atoms with E-state index >= 15 is 0 Å². The molecule has 5 nitrogen and oxygen atoms in total. The van der Waals surface area contributed by atoms with Crippen molar-refractivity contribution in [1.82, 2.24) is 5.16 Å². The van der Waals surface area contributed by atoms with E-state index in [4.69, 9.17) is 14.4 Å². The van der Waals surface area contributed by atoms with Crippen LogP contribution in [0.5, 0.6) is 5.75 Å². The maximum Gasteiger partial charge on any atom is 0.338 e. The summed E-state index contributed by atoms with van der Waals surface area (Å²) in [7, 11) is 0. The normalized spacial score (nSPS) is 11.1. The van der Waals surface area contributed by atoms with Gasteiger partial charge in [-0.1, -0.05) is 61.5 Å². The summed E-state index contributed by atoms with van der Waals surface area (Å²) in [6.45, 7) is 6.71. The highest BCUT2D eigenvalue weighted by atomic mass is 19.1. The highest BCUT2D eigenvalue weighted by Gasteiger charge is 2.19. The smallest absolute Gasteiger partial charge is 0.338 e. The molecule has 0 atom stereocenters. The fourth-order valence-electron chi connectivity index (χ4n) is 3.64. The molecule has 0 saturated heterocycles. The number of aromatic carboxylic acids is 1. The molecular weight excluding hydrogens is 421 g/mol. The van der Waals surface area contributed by atoms with Crippen molar-refractivity contribution in [2.45, 2.75) is 20.8 Å². The van der Waals surface area contributed by atoms with E-state index < -0.39 is 11.8 Å². The molecule has 0 aliphatic carbocycles. The van der Waals surface area contributed by atoms with Gasteiger partial charge in [-0.2, -0.15) is 0 Å². The minimum atomic E-state index is -1.32. The number of hydrogen-bond donors (Lipinski definition) is 1. The molecule has 0 saturated carbocycles. The molecule has 0 aliphatic heterocycles. The summed E-state index contributed by atoms with van der Waals surface area (Å²) < 4.78 is 26.0. The van der Waals surface area contributed by atoms with E-state index in [0.29, 0.717) is 35.3 Å². The molecule has 1 heterocycles. The third-order valence-corrected chi connectivity index (χ3v) is 5.32. The lowest BCUT2D eigenvalue weighted by molar-refractivity contribution is 0.0692. The third kappa shape index (κ3) is 4.65. The predicted molar refractivity (Wildman–Crippen MR) is 125 cm³/mol. The van der Waals surface area contributed by atoms with E-state index in [9.17, 15) is 9.18 Å². The van der Waals surface area contributed by atoms with Gasteiger partial charge in [0.1, 0.15) is 17.3 Å². The zero-order valence-corrected chi connectivity index (χ0v) is 18.6. The molecule has 1 aromatic heterocycles. The van der Waals surface area contributed by atoms with Crippen LogP contribution in [-0.2, 0) is 0 Å². The number of hydrogen-bond acceptors (Lipinski definition) is 4. The van der Waals surface area contributed by atoms with Gasteiger partial charge in [0.25, 0.3) is 0 Å². The lowest BCUT2D eigenvalue weighted by Gasteiger charge is -2.17. The van der Waals surface area contributed by atoms with E-state index in [1.165, 1.54) is 12.1 Å². The third-order valence-electron chi connectivity index (χ3n) is 5.32. The van der Waals surface area contributed by atoms with Gasteiger partial charge < -0.3 is 14.4 Å². The molecule has 33 heavy (non-hydrogen) atoms. The first kappa shape index (κ1) is 22.3. The summed E-state index contributed by atoms with van der Waals surface area (Å²) in [6, 6.07) is 19.6. The van der Waals surface area contributed by atoms with Crippen LogP contribution in [0, 0.1) is 18.7 Å². The van der Waals surface area contributed by atoms with Gasteiger partial charge in [-0.3, -0.25) is 0 Å². The SMILES string of the molecule is Cc1c(-c2ccccc2)ccc(-c2cc(-c3ccc(C(=O)O)c(F)c3)no2)c1OCC(C)C. The van der Waals surface area contributed by atoms with Crippen LogP contribution < -0.4 is 4.74 Å². The van der Waals surface area contributed by atoms with E-state index in [2.05, 4.69) is 31.1 Å². The second-order valence-electron chi connectivity index (χ2n) is 8.26. The van der Waals surface area contributed by atoms with Crippen molar-refractivity contribution < 1.29 is 23.6 Å². The van der Waals surface area contributed by atoms with Gasteiger partial charge in [-0.05, 0) is 47.7 Å². The Kier molecular flexibility index (Phi) is 6.27. The van der Waals surface area contributed by atoms with E-state index in [1.807, 2.05) is 37.3 Å². The highest BCUT2D eigenvalue weighted by Crippen LogP contribution is 2.40. The summed E-state index contributed by atoms with van der Waals surface area (Å²) >= 11 is 0. The molecule has 3 aromatic carbocycles. The Morgan fingerprint density at radius 1 is 1.03 bits per heavy atom. The standard InChI is InChI=1S/C27H24FNO4/c1-16(2)15-32-26-17(3)20(18-7-5-4-6-8-18)11-12-22(26)25-14-24(29-33-25)19-9-10-21(27(30)31)23(28)13-19/h4-14,16H,15H2,1-3H3,(H,30,31). The minimum Gasteiger partial charge on any atom is -0.492 e. The van der Waals surface area contributed by atoms with Gasteiger partial charge in [0.2, 0.25) is 0 Å². The number of ether oxygens (including phenoxy) is 1. The molecule has 0 bridgehead atoms. The molecule has 1 N–H and O–H groups in total. The van der Waals surface area contributed by atoms with Gasteiger partial charge in [0, 0.05) is 11.6 Å². The Morgan fingerprint density at radius 3 is 2.42 bits per heavy atom. The van der Waals surface area contributed by atoms with E-state index in [-0.39, 0.29) is 5.56 Å². The van der Waals surface area contributed by atoms with Crippen molar-refractivity contribution >= 4 is 5.97 Å². The van der Waals surface area contributed by atoms with E-state index in [0.717, 1.165) is 28.3 Å². The van der Waals surface area contributed by atoms with Crippen LogP contribution in [0.3, 0.4) is 0 Å². The molecule has 0 radical (unpaired) electrons. The van der Waals surface area contributed by atoms with Gasteiger partial charge >= 0.3 is 5.97 Å². The van der Waals surface area contributed by atoms with Crippen LogP contribution in [0.15, 0.2) is 71.3 Å². The second kappa shape index (κ2) is 9.28.